The van der Waals surface area contributed by atoms with Crippen molar-refractivity contribution in [3.63, 3.8) is 0 Å². The monoisotopic (exact) mass is 452 g/mol. The van der Waals surface area contributed by atoms with Crippen LogP contribution in [-0.2, 0) is 18.0 Å². The Bertz CT molecular complexity index is 1110. The minimum atomic E-state index is -4.48. The summed E-state index contributed by atoms with van der Waals surface area (Å²) in [6.45, 7) is 0.768. The first-order chi connectivity index (χ1) is 14.3. The molecular weight excluding hydrogens is 433 g/mol. The van der Waals surface area contributed by atoms with Gasteiger partial charge < -0.3 is 9.64 Å². The third-order valence-electron chi connectivity index (χ3n) is 5.05. The van der Waals surface area contributed by atoms with E-state index in [0.717, 1.165) is 11.6 Å². The number of aromatic nitrogens is 3. The summed E-state index contributed by atoms with van der Waals surface area (Å²) in [4.78, 5) is 22.9. The number of pyridine rings is 1. The molecule has 31 heavy (non-hydrogen) atoms. The molecule has 1 atom stereocenters. The lowest BCUT2D eigenvalue weighted by Gasteiger charge is -2.35. The van der Waals surface area contributed by atoms with Crippen molar-refractivity contribution in [2.75, 3.05) is 24.6 Å². The molecule has 0 N–H and O–H groups in total. The molecule has 3 heterocycles. The summed E-state index contributed by atoms with van der Waals surface area (Å²) in [5.74, 6) is 0.382. The summed E-state index contributed by atoms with van der Waals surface area (Å²) in [7, 11) is 1.59. The maximum Gasteiger partial charge on any atom is 0.416 e. The molecule has 0 radical (unpaired) electrons. The summed E-state index contributed by atoms with van der Waals surface area (Å²) >= 11 is 0. The lowest BCUT2D eigenvalue weighted by atomic mass is 10.0. The molecule has 164 valence electrons. The van der Waals surface area contributed by atoms with Crippen LogP contribution >= 0.6 is 12.4 Å². The second-order valence-electron chi connectivity index (χ2n) is 6.96. The van der Waals surface area contributed by atoms with E-state index in [1.165, 1.54) is 22.8 Å². The van der Waals surface area contributed by atoms with Crippen LogP contribution in [0, 0.1) is 0 Å². The molecule has 0 bridgehead atoms. The number of nitrogens with zero attached hydrogens (tertiary/aromatic N) is 4. The number of rotatable bonds is 3. The van der Waals surface area contributed by atoms with Gasteiger partial charge in [-0.05, 0) is 23.8 Å². The fourth-order valence-electron chi connectivity index (χ4n) is 3.54. The van der Waals surface area contributed by atoms with E-state index in [4.69, 9.17) is 4.74 Å². The number of benzene rings is 1. The lowest BCUT2D eigenvalue weighted by Crippen LogP contribution is -2.42. The zero-order chi connectivity index (χ0) is 21.3. The molecule has 3 aromatic rings. The fraction of sp³-hybridized carbons (Fsp3) is 0.286. The number of alkyl halides is 3. The van der Waals surface area contributed by atoms with Gasteiger partial charge in [-0.25, -0.2) is 4.98 Å². The second-order valence-corrected chi connectivity index (χ2v) is 6.96. The molecule has 4 rings (SSSR count). The Hall–Kier alpha value is -2.91. The maximum absolute atomic E-state index is 13.4. The molecule has 0 spiro atoms. The molecule has 0 aliphatic carbocycles. The minimum absolute atomic E-state index is 0. The molecule has 1 aliphatic rings. The van der Waals surface area contributed by atoms with Crippen LogP contribution in [0.25, 0.3) is 11.3 Å². The van der Waals surface area contributed by atoms with Gasteiger partial charge in [0.2, 0.25) is 5.95 Å². The highest BCUT2D eigenvalue weighted by molar-refractivity contribution is 5.85. The number of hydrogen-bond acceptors (Lipinski definition) is 5. The number of anilines is 1. The first kappa shape index (κ1) is 22.8. The third-order valence-corrected chi connectivity index (χ3v) is 5.05. The van der Waals surface area contributed by atoms with Crippen molar-refractivity contribution < 1.29 is 17.9 Å². The van der Waals surface area contributed by atoms with E-state index in [2.05, 4.69) is 9.97 Å². The highest BCUT2D eigenvalue weighted by atomic mass is 35.5. The zero-order valence-electron chi connectivity index (χ0n) is 16.5. The molecule has 2 aromatic heterocycles. The summed E-state index contributed by atoms with van der Waals surface area (Å²) in [5.41, 5.74) is 0.310. The van der Waals surface area contributed by atoms with Crippen LogP contribution in [-0.4, -0.2) is 34.2 Å². The van der Waals surface area contributed by atoms with Crippen LogP contribution in [0.4, 0.5) is 19.1 Å². The van der Waals surface area contributed by atoms with E-state index in [-0.39, 0.29) is 36.7 Å². The van der Waals surface area contributed by atoms with Crippen LogP contribution in [0.5, 0.6) is 0 Å². The first-order valence-corrected chi connectivity index (χ1v) is 9.36. The van der Waals surface area contributed by atoms with Crippen molar-refractivity contribution in [2.24, 2.45) is 7.05 Å². The Morgan fingerprint density at radius 3 is 2.55 bits per heavy atom. The van der Waals surface area contributed by atoms with Gasteiger partial charge in [-0.2, -0.15) is 13.2 Å². The Balaban J connectivity index is 0.00000272. The van der Waals surface area contributed by atoms with Gasteiger partial charge >= 0.3 is 6.18 Å². The normalized spacial score (nSPS) is 16.6. The summed E-state index contributed by atoms with van der Waals surface area (Å²) < 4.78 is 47.4. The molecule has 0 amide bonds. The molecule has 1 aliphatic heterocycles. The van der Waals surface area contributed by atoms with Crippen molar-refractivity contribution in [1.29, 1.82) is 0 Å². The Kier molecular flexibility index (Phi) is 6.66. The smallest absolute Gasteiger partial charge is 0.370 e. The van der Waals surface area contributed by atoms with E-state index in [9.17, 15) is 18.0 Å². The number of morpholine rings is 1. The maximum atomic E-state index is 13.4. The highest BCUT2D eigenvalue weighted by Gasteiger charge is 2.36. The topological polar surface area (TPSA) is 60.2 Å². The molecule has 1 aromatic carbocycles. The van der Waals surface area contributed by atoms with Gasteiger partial charge in [0.15, 0.2) is 0 Å². The van der Waals surface area contributed by atoms with Crippen molar-refractivity contribution >= 4 is 18.4 Å². The average Bonchev–Trinajstić information content (AvgIpc) is 2.75. The Morgan fingerprint density at radius 2 is 1.84 bits per heavy atom. The van der Waals surface area contributed by atoms with E-state index in [1.807, 2.05) is 0 Å². The highest BCUT2D eigenvalue weighted by Crippen LogP contribution is 2.37. The molecule has 1 saturated heterocycles. The van der Waals surface area contributed by atoms with E-state index in [1.54, 1.807) is 42.5 Å². The zero-order valence-corrected chi connectivity index (χ0v) is 17.4. The first-order valence-electron chi connectivity index (χ1n) is 9.36. The average molecular weight is 453 g/mol. The molecule has 0 saturated carbocycles. The standard InChI is InChI=1S/C21H19F3N4O2.ClH/c1-27-19(29)12-17(14-6-8-25-9-7-14)26-20(27)28-10-11-30-18(13-28)15-4-2-3-5-16(15)21(22,23)24;/h2-9,12,18H,10-11,13H2,1H3;1H. The SMILES string of the molecule is Cl.Cn1c(N2CCOC(c3ccccc3C(F)(F)F)C2)nc(-c2ccncc2)cc1=O. The van der Waals surface area contributed by atoms with Crippen LogP contribution < -0.4 is 10.5 Å². The third kappa shape index (κ3) is 4.72. The lowest BCUT2D eigenvalue weighted by molar-refractivity contribution is -0.139. The molecule has 1 fully saturated rings. The summed E-state index contributed by atoms with van der Waals surface area (Å²) in [5, 5.41) is 0. The minimum Gasteiger partial charge on any atom is -0.370 e. The van der Waals surface area contributed by atoms with E-state index < -0.39 is 17.8 Å². The summed E-state index contributed by atoms with van der Waals surface area (Å²) in [6.07, 6.45) is -2.06. The van der Waals surface area contributed by atoms with Crippen molar-refractivity contribution in [3.8, 4) is 11.3 Å². The van der Waals surface area contributed by atoms with Gasteiger partial charge in [0.05, 0.1) is 24.4 Å². The quantitative estimate of drug-likeness (QED) is 0.604. The number of ether oxygens (including phenoxy) is 1. The molecule has 1 unspecified atom stereocenters. The molecule has 10 heteroatoms. The van der Waals surface area contributed by atoms with Crippen LogP contribution in [0.15, 0.2) is 59.7 Å². The van der Waals surface area contributed by atoms with Gasteiger partial charge in [0.25, 0.3) is 5.56 Å². The fourth-order valence-corrected chi connectivity index (χ4v) is 3.54. The van der Waals surface area contributed by atoms with Gasteiger partial charge in [0.1, 0.15) is 6.10 Å². The predicted molar refractivity (Wildman–Crippen MR) is 112 cm³/mol. The molecular formula is C21H20ClF3N4O2. The van der Waals surface area contributed by atoms with Gasteiger partial charge in [0, 0.05) is 37.6 Å². The van der Waals surface area contributed by atoms with Crippen molar-refractivity contribution in [2.45, 2.75) is 12.3 Å². The predicted octanol–water partition coefficient (Wildman–Crippen LogP) is 3.86. The van der Waals surface area contributed by atoms with Gasteiger partial charge in [-0.15, -0.1) is 12.4 Å². The van der Waals surface area contributed by atoms with E-state index in [0.29, 0.717) is 18.2 Å². The van der Waals surface area contributed by atoms with E-state index >= 15 is 0 Å². The number of hydrogen-bond donors (Lipinski definition) is 0. The van der Waals surface area contributed by atoms with Crippen molar-refractivity contribution in [1.82, 2.24) is 14.5 Å². The molecule has 6 nitrogen and oxygen atoms in total. The van der Waals surface area contributed by atoms with Gasteiger partial charge in [-0.1, -0.05) is 18.2 Å². The van der Waals surface area contributed by atoms with Gasteiger partial charge in [-0.3, -0.25) is 14.3 Å². The number of halogens is 4. The Morgan fingerprint density at radius 1 is 1.13 bits per heavy atom. The van der Waals surface area contributed by atoms with Crippen LogP contribution in [0.3, 0.4) is 0 Å². The Labute approximate surface area is 182 Å². The summed E-state index contributed by atoms with van der Waals surface area (Å²) in [6, 6.07) is 10.3. The van der Waals surface area contributed by atoms with Crippen LogP contribution in [0.2, 0.25) is 0 Å². The van der Waals surface area contributed by atoms with Crippen LogP contribution in [0.1, 0.15) is 17.2 Å². The largest absolute Gasteiger partial charge is 0.416 e. The van der Waals surface area contributed by atoms with Crippen molar-refractivity contribution in [3.05, 3.63) is 76.3 Å². The second kappa shape index (κ2) is 9.07.